The van der Waals surface area contributed by atoms with Crippen LogP contribution in [-0.4, -0.2) is 35.9 Å². The highest BCUT2D eigenvalue weighted by molar-refractivity contribution is 5.79. The van der Waals surface area contributed by atoms with E-state index in [1.807, 2.05) is 6.92 Å². The summed E-state index contributed by atoms with van der Waals surface area (Å²) >= 11 is 0. The zero-order chi connectivity index (χ0) is 28.1. The van der Waals surface area contributed by atoms with E-state index in [9.17, 15) is 14.7 Å². The van der Waals surface area contributed by atoms with Gasteiger partial charge in [-0.1, -0.05) is 53.2 Å². The summed E-state index contributed by atoms with van der Waals surface area (Å²) in [7, 11) is 1.51. The summed E-state index contributed by atoms with van der Waals surface area (Å²) in [4.78, 5) is 25.4. The zero-order valence-corrected chi connectivity index (χ0v) is 25.4. The Kier molecular flexibility index (Phi) is 6.36. The topological polar surface area (TPSA) is 72.8 Å². The van der Waals surface area contributed by atoms with Gasteiger partial charge < -0.3 is 14.6 Å². The molecule has 5 heteroatoms. The molecule has 0 bridgehead atoms. The van der Waals surface area contributed by atoms with E-state index in [1.54, 1.807) is 0 Å². The Morgan fingerprint density at radius 2 is 1.61 bits per heavy atom. The first-order valence-electron chi connectivity index (χ1n) is 15.2. The highest BCUT2D eigenvalue weighted by Gasteiger charge is 2.71. The summed E-state index contributed by atoms with van der Waals surface area (Å²) in [6.07, 6.45) is 11.0. The number of fused-ring (bicyclic) bond motifs is 7. The van der Waals surface area contributed by atoms with Crippen molar-refractivity contribution in [1.29, 1.82) is 0 Å². The Hall–Kier alpha value is -1.36. The van der Waals surface area contributed by atoms with Crippen LogP contribution in [-0.2, 0) is 19.1 Å². The van der Waals surface area contributed by atoms with Crippen molar-refractivity contribution in [2.24, 2.45) is 50.7 Å². The van der Waals surface area contributed by atoms with Gasteiger partial charge in [0, 0.05) is 18.3 Å². The molecular weight excluding hydrogens is 476 g/mol. The molecule has 5 nitrogen and oxygen atoms in total. The van der Waals surface area contributed by atoms with E-state index < -0.39 is 11.0 Å². The minimum Gasteiger partial charge on any atom is -0.469 e. The SMILES string of the molecule is COC(=O)[C@]12CC[C@@H](C)[C@@](C)(O)[C@H]1C1=CC[C@@H]3[C@@]4(C)CC[C@@H](OC(C)=O)C(C)(C)[C@@H]4CC[C@@]3(C)[C@]1(C)CC2. The minimum absolute atomic E-state index is 0.0260. The average molecular weight is 529 g/mol. The number of methoxy groups -OCH3 is 1. The predicted octanol–water partition coefficient (Wildman–Crippen LogP) is 6.86. The van der Waals surface area contributed by atoms with Crippen molar-refractivity contribution < 1.29 is 24.2 Å². The number of aliphatic hydroxyl groups is 1. The number of carbonyl (C=O) groups excluding carboxylic acids is 2. The summed E-state index contributed by atoms with van der Waals surface area (Å²) in [5.41, 5.74) is -0.175. The fourth-order valence-electron chi connectivity index (χ4n) is 11.4. The van der Waals surface area contributed by atoms with Crippen LogP contribution in [0.2, 0.25) is 0 Å². The molecule has 0 aromatic heterocycles. The molecule has 0 amide bonds. The Bertz CT molecular complexity index is 1040. The number of esters is 2. The predicted molar refractivity (Wildman–Crippen MR) is 148 cm³/mol. The van der Waals surface area contributed by atoms with Gasteiger partial charge in [-0.25, -0.2) is 0 Å². The molecule has 5 rings (SSSR count). The van der Waals surface area contributed by atoms with E-state index in [2.05, 4.69) is 47.6 Å². The number of ether oxygens (including phenoxy) is 2. The third-order valence-electron chi connectivity index (χ3n) is 13.9. The smallest absolute Gasteiger partial charge is 0.312 e. The first-order valence-corrected chi connectivity index (χ1v) is 15.2. The second-order valence-corrected chi connectivity index (χ2v) is 15.5. The van der Waals surface area contributed by atoms with Crippen LogP contribution in [0.25, 0.3) is 0 Å². The van der Waals surface area contributed by atoms with Gasteiger partial charge in [-0.05, 0) is 98.7 Å². The number of allylic oxidation sites excluding steroid dienone is 1. The molecule has 0 spiro atoms. The molecule has 4 saturated carbocycles. The lowest BCUT2D eigenvalue weighted by Crippen LogP contribution is -2.67. The molecule has 0 saturated heterocycles. The normalized spacial score (nSPS) is 51.3. The highest BCUT2D eigenvalue weighted by Crippen LogP contribution is 2.76. The summed E-state index contributed by atoms with van der Waals surface area (Å²) in [5.74, 6) is 0.618. The van der Waals surface area contributed by atoms with Crippen LogP contribution in [0.5, 0.6) is 0 Å². The van der Waals surface area contributed by atoms with Crippen molar-refractivity contribution in [3.8, 4) is 0 Å². The molecule has 0 unspecified atom stereocenters. The second-order valence-electron chi connectivity index (χ2n) is 15.5. The molecule has 0 heterocycles. The Balaban J connectivity index is 1.59. The lowest BCUT2D eigenvalue weighted by Gasteiger charge is -2.71. The van der Waals surface area contributed by atoms with E-state index in [0.29, 0.717) is 11.8 Å². The maximum atomic E-state index is 13.5. The number of carbonyl (C=O) groups is 2. The van der Waals surface area contributed by atoms with Crippen LogP contribution in [0.4, 0.5) is 0 Å². The number of rotatable bonds is 2. The highest BCUT2D eigenvalue weighted by atomic mass is 16.5. The van der Waals surface area contributed by atoms with Gasteiger partial charge in [-0.2, -0.15) is 0 Å². The summed E-state index contributed by atoms with van der Waals surface area (Å²) < 4.78 is 11.3. The van der Waals surface area contributed by atoms with Crippen molar-refractivity contribution in [2.45, 2.75) is 125 Å². The lowest BCUT2D eigenvalue weighted by atomic mass is 9.33. The van der Waals surface area contributed by atoms with E-state index >= 15 is 0 Å². The Morgan fingerprint density at radius 1 is 0.921 bits per heavy atom. The van der Waals surface area contributed by atoms with Crippen LogP contribution in [0.1, 0.15) is 113 Å². The molecule has 0 aliphatic heterocycles. The molecule has 5 aliphatic carbocycles. The largest absolute Gasteiger partial charge is 0.469 e. The molecule has 214 valence electrons. The molecule has 10 atom stereocenters. The van der Waals surface area contributed by atoms with Crippen molar-refractivity contribution in [1.82, 2.24) is 0 Å². The molecule has 0 aromatic rings. The fourth-order valence-corrected chi connectivity index (χ4v) is 11.4. The molecule has 5 aliphatic rings. The summed E-state index contributed by atoms with van der Waals surface area (Å²) in [5, 5.41) is 12.1. The quantitative estimate of drug-likeness (QED) is 0.313. The third kappa shape index (κ3) is 3.38. The van der Waals surface area contributed by atoms with Crippen molar-refractivity contribution >= 4 is 11.9 Å². The third-order valence-corrected chi connectivity index (χ3v) is 13.9. The molecule has 1 N–H and O–H groups in total. The van der Waals surface area contributed by atoms with Gasteiger partial charge in [-0.15, -0.1) is 0 Å². The molecular formula is C33H52O5. The van der Waals surface area contributed by atoms with Crippen LogP contribution < -0.4 is 0 Å². The van der Waals surface area contributed by atoms with Crippen molar-refractivity contribution in [3.63, 3.8) is 0 Å². The number of hydrogen-bond acceptors (Lipinski definition) is 5. The maximum absolute atomic E-state index is 13.5. The standard InChI is InChI=1S/C33H52O5/c1-20-12-17-33(27(35)37-9)19-18-30(6)22(26(33)32(20,8)36)10-11-24-29(5)15-14-25(38-21(2)34)28(3,4)23(29)13-16-31(24,30)7/h10,20,23-26,36H,11-19H2,1-9H3/t20-,23+,24-,25-,26-,29+,30-,31-,32-,33+/m1/s1. The van der Waals surface area contributed by atoms with Gasteiger partial charge >= 0.3 is 11.9 Å². The van der Waals surface area contributed by atoms with Crippen molar-refractivity contribution in [3.05, 3.63) is 11.6 Å². The Morgan fingerprint density at radius 3 is 2.24 bits per heavy atom. The van der Waals surface area contributed by atoms with E-state index in [1.165, 1.54) is 19.6 Å². The van der Waals surface area contributed by atoms with Crippen molar-refractivity contribution in [2.75, 3.05) is 7.11 Å². The molecule has 0 aromatic carbocycles. The monoisotopic (exact) mass is 528 g/mol. The van der Waals surface area contributed by atoms with Gasteiger partial charge in [0.1, 0.15) is 6.10 Å². The maximum Gasteiger partial charge on any atom is 0.312 e. The molecule has 38 heavy (non-hydrogen) atoms. The number of hydrogen-bond donors (Lipinski definition) is 1. The van der Waals surface area contributed by atoms with Gasteiger partial charge in [0.15, 0.2) is 0 Å². The zero-order valence-electron chi connectivity index (χ0n) is 25.4. The van der Waals surface area contributed by atoms with Crippen LogP contribution in [0.3, 0.4) is 0 Å². The van der Waals surface area contributed by atoms with Crippen LogP contribution in [0.15, 0.2) is 11.6 Å². The lowest BCUT2D eigenvalue weighted by molar-refractivity contribution is -0.222. The van der Waals surface area contributed by atoms with Gasteiger partial charge in [0.05, 0.1) is 18.1 Å². The summed E-state index contributed by atoms with van der Waals surface area (Å²) in [6.45, 7) is 17.8. The first kappa shape index (κ1) is 28.2. The summed E-state index contributed by atoms with van der Waals surface area (Å²) in [6, 6.07) is 0. The fraction of sp³-hybridized carbons (Fsp3) is 0.879. The van der Waals surface area contributed by atoms with Gasteiger partial charge in [0.2, 0.25) is 0 Å². The average Bonchev–Trinajstić information content (AvgIpc) is 2.83. The second kappa shape index (κ2) is 8.57. The van der Waals surface area contributed by atoms with E-state index in [-0.39, 0.29) is 51.5 Å². The van der Waals surface area contributed by atoms with E-state index in [4.69, 9.17) is 9.47 Å². The first-order chi connectivity index (χ1) is 17.5. The molecule has 0 radical (unpaired) electrons. The van der Waals surface area contributed by atoms with Crippen LogP contribution in [0, 0.1) is 50.7 Å². The van der Waals surface area contributed by atoms with Gasteiger partial charge in [-0.3, -0.25) is 9.59 Å². The Labute approximate surface area is 230 Å². The van der Waals surface area contributed by atoms with E-state index in [0.717, 1.165) is 57.8 Å². The minimum atomic E-state index is -0.950. The molecule has 4 fully saturated rings. The van der Waals surface area contributed by atoms with Gasteiger partial charge in [0.25, 0.3) is 0 Å². The van der Waals surface area contributed by atoms with Crippen LogP contribution >= 0.6 is 0 Å².